The fourth-order valence-corrected chi connectivity index (χ4v) is 6.55. The molecular weight excluding hydrogens is 547 g/mol. The lowest BCUT2D eigenvalue weighted by molar-refractivity contribution is -0.135. The molecule has 2 saturated heterocycles. The van der Waals surface area contributed by atoms with Crippen LogP contribution in [0.25, 0.3) is 0 Å². The molecule has 3 aliphatic rings. The molecule has 0 aromatic heterocycles. The molecule has 9 heteroatoms. The second-order valence-electron chi connectivity index (χ2n) is 11.2. The van der Waals surface area contributed by atoms with E-state index in [4.69, 9.17) is 9.47 Å². The van der Waals surface area contributed by atoms with Crippen molar-refractivity contribution < 1.29 is 23.5 Å². The average Bonchev–Trinajstić information content (AvgIpc) is 3.05. The van der Waals surface area contributed by atoms with E-state index in [-0.39, 0.29) is 17.6 Å². The number of para-hydroxylation sites is 1. The van der Waals surface area contributed by atoms with Gasteiger partial charge in [0.15, 0.2) is 0 Å². The normalized spacial score (nSPS) is 21.1. The molecule has 43 heavy (non-hydrogen) atoms. The Kier molecular flexibility index (Phi) is 8.90. The summed E-state index contributed by atoms with van der Waals surface area (Å²) in [5, 5.41) is 0. The standard InChI is InChI=1S/C34H39FN4O4/c1-2-43-26-13-11-25(12-14-26)32-31(34(41)38-18-16-37(17-19-38)30-10-6-5-9-29(30)35)27-7-3-4-8-28(27)33(40)39(32)20-15-36-21-23-42-24-22-36/h3-14,31-32H,2,15-24H2,1H3. The molecule has 0 radical (unpaired) electrons. The number of hydrogen-bond acceptors (Lipinski definition) is 6. The van der Waals surface area contributed by atoms with E-state index < -0.39 is 12.0 Å². The van der Waals surface area contributed by atoms with Gasteiger partial charge in [-0.15, -0.1) is 0 Å². The van der Waals surface area contributed by atoms with Crippen LogP contribution in [0.4, 0.5) is 10.1 Å². The smallest absolute Gasteiger partial charge is 0.254 e. The van der Waals surface area contributed by atoms with Crippen LogP contribution in [-0.4, -0.2) is 98.7 Å². The summed E-state index contributed by atoms with van der Waals surface area (Å²) in [4.78, 5) is 36.8. The molecule has 2 atom stereocenters. The maximum atomic E-state index is 14.6. The van der Waals surface area contributed by atoms with Crippen LogP contribution < -0.4 is 9.64 Å². The van der Waals surface area contributed by atoms with Gasteiger partial charge < -0.3 is 24.2 Å². The van der Waals surface area contributed by atoms with Crippen LogP contribution >= 0.6 is 0 Å². The zero-order valence-corrected chi connectivity index (χ0v) is 24.7. The Hall–Kier alpha value is -3.95. The minimum atomic E-state index is -0.573. The number of ether oxygens (including phenoxy) is 2. The van der Waals surface area contributed by atoms with E-state index in [0.717, 1.165) is 30.0 Å². The Labute approximate surface area is 252 Å². The summed E-state index contributed by atoms with van der Waals surface area (Å²) in [6.07, 6.45) is 0. The van der Waals surface area contributed by atoms with E-state index in [0.29, 0.717) is 70.3 Å². The number of amides is 2. The summed E-state index contributed by atoms with van der Waals surface area (Å²) in [7, 11) is 0. The molecule has 3 heterocycles. The highest BCUT2D eigenvalue weighted by atomic mass is 19.1. The average molecular weight is 587 g/mol. The fourth-order valence-electron chi connectivity index (χ4n) is 6.55. The van der Waals surface area contributed by atoms with Crippen molar-refractivity contribution >= 4 is 17.5 Å². The number of morpholine rings is 1. The molecule has 2 fully saturated rings. The highest BCUT2D eigenvalue weighted by Gasteiger charge is 2.45. The molecule has 3 aromatic rings. The van der Waals surface area contributed by atoms with Crippen molar-refractivity contribution in [2.75, 3.05) is 77.1 Å². The number of rotatable bonds is 8. The van der Waals surface area contributed by atoms with Crippen LogP contribution in [0.1, 0.15) is 40.4 Å². The highest BCUT2D eigenvalue weighted by Crippen LogP contribution is 2.44. The number of nitrogens with zero attached hydrogens (tertiary/aromatic N) is 4. The van der Waals surface area contributed by atoms with Crippen LogP contribution in [0.3, 0.4) is 0 Å². The molecule has 0 aliphatic carbocycles. The first-order valence-corrected chi connectivity index (χ1v) is 15.3. The Morgan fingerprint density at radius 1 is 0.884 bits per heavy atom. The van der Waals surface area contributed by atoms with Gasteiger partial charge in [-0.25, -0.2) is 4.39 Å². The van der Waals surface area contributed by atoms with Crippen LogP contribution in [0.2, 0.25) is 0 Å². The Morgan fingerprint density at radius 3 is 2.30 bits per heavy atom. The number of halogens is 1. The zero-order valence-electron chi connectivity index (χ0n) is 24.7. The van der Waals surface area contributed by atoms with Crippen LogP contribution in [0.15, 0.2) is 72.8 Å². The van der Waals surface area contributed by atoms with Crippen LogP contribution in [0, 0.1) is 5.82 Å². The Balaban J connectivity index is 1.32. The molecule has 226 valence electrons. The van der Waals surface area contributed by atoms with E-state index in [1.54, 1.807) is 12.1 Å². The molecule has 0 bridgehead atoms. The number of piperazine rings is 1. The van der Waals surface area contributed by atoms with Gasteiger partial charge in [-0.05, 0) is 48.4 Å². The minimum Gasteiger partial charge on any atom is -0.494 e. The second kappa shape index (κ2) is 13.1. The number of benzene rings is 3. The predicted molar refractivity (Wildman–Crippen MR) is 163 cm³/mol. The van der Waals surface area contributed by atoms with Gasteiger partial charge in [0.05, 0.1) is 37.5 Å². The van der Waals surface area contributed by atoms with Gasteiger partial charge in [-0.2, -0.15) is 0 Å². The number of fused-ring (bicyclic) bond motifs is 1. The summed E-state index contributed by atoms with van der Waals surface area (Å²) < 4.78 is 25.7. The molecule has 2 unspecified atom stereocenters. The lowest BCUT2D eigenvalue weighted by Crippen LogP contribution is -2.54. The third-order valence-corrected chi connectivity index (χ3v) is 8.78. The number of carbonyl (C=O) groups excluding carboxylic acids is 2. The van der Waals surface area contributed by atoms with Gasteiger partial charge in [0.2, 0.25) is 5.91 Å². The van der Waals surface area contributed by atoms with E-state index >= 15 is 0 Å². The summed E-state index contributed by atoms with van der Waals surface area (Å²) in [6.45, 7) is 8.72. The van der Waals surface area contributed by atoms with Gasteiger partial charge in [0, 0.05) is 57.9 Å². The predicted octanol–water partition coefficient (Wildman–Crippen LogP) is 4.19. The van der Waals surface area contributed by atoms with Crippen molar-refractivity contribution in [3.8, 4) is 5.75 Å². The molecule has 0 N–H and O–H groups in total. The third kappa shape index (κ3) is 6.10. The Bertz CT molecular complexity index is 1420. The third-order valence-electron chi connectivity index (χ3n) is 8.78. The van der Waals surface area contributed by atoms with E-state index in [2.05, 4.69) is 4.90 Å². The number of anilines is 1. The Morgan fingerprint density at radius 2 is 1.58 bits per heavy atom. The first-order valence-electron chi connectivity index (χ1n) is 15.3. The summed E-state index contributed by atoms with van der Waals surface area (Å²) >= 11 is 0. The lowest BCUT2D eigenvalue weighted by Gasteiger charge is -2.45. The van der Waals surface area contributed by atoms with Crippen LogP contribution in [-0.2, 0) is 9.53 Å². The fraction of sp³-hybridized carbons (Fsp3) is 0.412. The monoisotopic (exact) mass is 586 g/mol. The van der Waals surface area contributed by atoms with Gasteiger partial charge in [-0.1, -0.05) is 42.5 Å². The second-order valence-corrected chi connectivity index (χ2v) is 11.2. The van der Waals surface area contributed by atoms with Crippen molar-refractivity contribution in [3.05, 3.63) is 95.3 Å². The SMILES string of the molecule is CCOc1ccc(C2C(C(=O)N3CCN(c4ccccc4F)CC3)c3ccccc3C(=O)N2CCN2CCOCC2)cc1. The van der Waals surface area contributed by atoms with E-state index in [1.165, 1.54) is 6.07 Å². The number of hydrogen-bond donors (Lipinski definition) is 0. The summed E-state index contributed by atoms with van der Waals surface area (Å²) in [6, 6.07) is 21.6. The first kappa shape index (κ1) is 29.1. The van der Waals surface area contributed by atoms with Gasteiger partial charge >= 0.3 is 0 Å². The van der Waals surface area contributed by atoms with Gasteiger partial charge in [-0.3, -0.25) is 14.5 Å². The molecular formula is C34H39FN4O4. The van der Waals surface area contributed by atoms with Crippen LogP contribution in [0.5, 0.6) is 5.75 Å². The van der Waals surface area contributed by atoms with Crippen molar-refractivity contribution in [2.24, 2.45) is 0 Å². The summed E-state index contributed by atoms with van der Waals surface area (Å²) in [5.74, 6) is -0.148. The topological polar surface area (TPSA) is 65.6 Å². The highest BCUT2D eigenvalue weighted by molar-refractivity contribution is 6.01. The molecule has 2 amide bonds. The maximum Gasteiger partial charge on any atom is 0.254 e. The molecule has 8 nitrogen and oxygen atoms in total. The molecule has 0 spiro atoms. The lowest BCUT2D eigenvalue weighted by atomic mass is 9.78. The molecule has 3 aromatic carbocycles. The van der Waals surface area contributed by atoms with E-state index in [9.17, 15) is 14.0 Å². The quantitative estimate of drug-likeness (QED) is 0.395. The maximum absolute atomic E-state index is 14.6. The molecule has 3 aliphatic heterocycles. The summed E-state index contributed by atoms with van der Waals surface area (Å²) in [5.41, 5.74) is 2.80. The van der Waals surface area contributed by atoms with Crippen molar-refractivity contribution in [1.29, 1.82) is 0 Å². The van der Waals surface area contributed by atoms with E-state index in [1.807, 2.05) is 76.2 Å². The van der Waals surface area contributed by atoms with Crippen molar-refractivity contribution in [3.63, 3.8) is 0 Å². The number of carbonyl (C=O) groups is 2. The molecule has 0 saturated carbocycles. The van der Waals surface area contributed by atoms with Gasteiger partial charge in [0.25, 0.3) is 5.91 Å². The minimum absolute atomic E-state index is 0.0107. The van der Waals surface area contributed by atoms with Crippen molar-refractivity contribution in [2.45, 2.75) is 18.9 Å². The largest absolute Gasteiger partial charge is 0.494 e. The van der Waals surface area contributed by atoms with Gasteiger partial charge in [0.1, 0.15) is 11.6 Å². The zero-order chi connectivity index (χ0) is 29.8. The first-order chi connectivity index (χ1) is 21.0. The van der Waals surface area contributed by atoms with Crippen molar-refractivity contribution in [1.82, 2.24) is 14.7 Å². The molecule has 6 rings (SSSR count).